The van der Waals surface area contributed by atoms with Crippen molar-refractivity contribution < 1.29 is 31.8 Å². The average Bonchev–Trinajstić information content (AvgIpc) is 2.13. The van der Waals surface area contributed by atoms with E-state index in [1.54, 1.807) is 0 Å². The van der Waals surface area contributed by atoms with Gasteiger partial charge in [-0.1, -0.05) is 0 Å². The van der Waals surface area contributed by atoms with Crippen LogP contribution in [0.5, 0.6) is 5.75 Å². The fourth-order valence-electron chi connectivity index (χ4n) is 1.13. The molecule has 0 fully saturated rings. The van der Waals surface area contributed by atoms with E-state index in [0.717, 1.165) is 7.11 Å². The molecule has 0 aromatic heterocycles. The number of halogens is 4. The number of hydrogen-bond acceptors (Lipinski definition) is 4. The van der Waals surface area contributed by atoms with Gasteiger partial charge in [0.05, 0.1) is 12.8 Å². The first-order chi connectivity index (χ1) is 7.74. The summed E-state index contributed by atoms with van der Waals surface area (Å²) in [5.41, 5.74) is 4.05. The van der Waals surface area contributed by atoms with E-state index in [1.165, 1.54) is 0 Å². The number of nitrogens with two attached hydrogens (primary N) is 1. The Hall–Kier alpha value is -1.99. The van der Waals surface area contributed by atoms with Gasteiger partial charge in [-0.2, -0.15) is 0 Å². The Bertz CT molecular complexity index is 445. The van der Waals surface area contributed by atoms with E-state index in [1.807, 2.05) is 0 Å². The van der Waals surface area contributed by atoms with E-state index in [-0.39, 0.29) is 0 Å². The van der Waals surface area contributed by atoms with Crippen molar-refractivity contribution in [2.24, 2.45) is 0 Å². The van der Waals surface area contributed by atoms with E-state index < -0.39 is 35.1 Å². The normalized spacial score (nSPS) is 11.1. The van der Waals surface area contributed by atoms with Crippen LogP contribution in [0, 0.1) is 5.82 Å². The third-order valence-electron chi connectivity index (χ3n) is 1.71. The molecule has 0 atom stereocenters. The predicted molar refractivity (Wildman–Crippen MR) is 48.8 cm³/mol. The van der Waals surface area contributed by atoms with Gasteiger partial charge in [0.15, 0.2) is 0 Å². The molecule has 17 heavy (non-hydrogen) atoms. The van der Waals surface area contributed by atoms with Gasteiger partial charge in [0, 0.05) is 6.07 Å². The van der Waals surface area contributed by atoms with Crippen LogP contribution in [-0.2, 0) is 4.74 Å². The molecule has 0 aliphatic carbocycles. The molecule has 0 aliphatic heterocycles. The summed E-state index contributed by atoms with van der Waals surface area (Å²) >= 11 is 0. The van der Waals surface area contributed by atoms with E-state index >= 15 is 0 Å². The fourth-order valence-corrected chi connectivity index (χ4v) is 1.13. The Balaban J connectivity index is 3.30. The van der Waals surface area contributed by atoms with Crippen molar-refractivity contribution >= 4 is 11.7 Å². The van der Waals surface area contributed by atoms with Gasteiger partial charge in [-0.05, 0) is 6.07 Å². The second-order valence-corrected chi connectivity index (χ2v) is 2.91. The van der Waals surface area contributed by atoms with Gasteiger partial charge in [-0.3, -0.25) is 0 Å². The second-order valence-electron chi connectivity index (χ2n) is 2.91. The van der Waals surface area contributed by atoms with E-state index in [4.69, 9.17) is 5.73 Å². The smallest absolute Gasteiger partial charge is 0.465 e. The minimum Gasteiger partial charge on any atom is -0.465 e. The minimum absolute atomic E-state index is 0.399. The maximum Gasteiger partial charge on any atom is 0.573 e. The van der Waals surface area contributed by atoms with Gasteiger partial charge >= 0.3 is 12.3 Å². The van der Waals surface area contributed by atoms with Gasteiger partial charge in [-0.15, -0.1) is 13.2 Å². The van der Waals surface area contributed by atoms with Crippen molar-refractivity contribution in [3.63, 3.8) is 0 Å². The van der Waals surface area contributed by atoms with Crippen molar-refractivity contribution in [3.8, 4) is 5.75 Å². The monoisotopic (exact) mass is 253 g/mol. The second kappa shape index (κ2) is 4.48. The van der Waals surface area contributed by atoms with Crippen molar-refractivity contribution in [3.05, 3.63) is 23.5 Å². The molecule has 94 valence electrons. The quantitative estimate of drug-likeness (QED) is 0.498. The molecule has 0 radical (unpaired) electrons. The first kappa shape index (κ1) is 13.1. The number of hydrogen-bond donors (Lipinski definition) is 1. The van der Waals surface area contributed by atoms with Crippen LogP contribution in [0.4, 0.5) is 23.2 Å². The first-order valence-corrected chi connectivity index (χ1v) is 4.17. The summed E-state index contributed by atoms with van der Waals surface area (Å²) < 4.78 is 56.6. The number of ether oxygens (including phenoxy) is 2. The summed E-state index contributed by atoms with van der Waals surface area (Å²) in [6.45, 7) is 0. The van der Waals surface area contributed by atoms with Crippen LogP contribution in [0.3, 0.4) is 0 Å². The summed E-state index contributed by atoms with van der Waals surface area (Å²) in [5, 5.41) is 0. The van der Waals surface area contributed by atoms with E-state index in [2.05, 4.69) is 9.47 Å². The predicted octanol–water partition coefficient (Wildman–Crippen LogP) is 2.09. The topological polar surface area (TPSA) is 61.5 Å². The fraction of sp³-hybridized carbons (Fsp3) is 0.222. The van der Waals surface area contributed by atoms with Crippen molar-refractivity contribution in [2.45, 2.75) is 6.36 Å². The molecule has 1 aromatic rings. The van der Waals surface area contributed by atoms with Crippen LogP contribution in [0.15, 0.2) is 12.1 Å². The van der Waals surface area contributed by atoms with Crippen LogP contribution in [0.1, 0.15) is 10.4 Å². The lowest BCUT2D eigenvalue weighted by Gasteiger charge is -2.13. The molecule has 1 rings (SSSR count). The highest BCUT2D eigenvalue weighted by atomic mass is 19.4. The minimum atomic E-state index is -5.07. The van der Waals surface area contributed by atoms with Gasteiger partial charge < -0.3 is 15.2 Å². The van der Waals surface area contributed by atoms with Gasteiger partial charge in [0.2, 0.25) is 0 Å². The molecular weight excluding hydrogens is 246 g/mol. The lowest BCUT2D eigenvalue weighted by molar-refractivity contribution is -0.274. The molecule has 2 N–H and O–H groups in total. The molecular formula is C9H7F4NO3. The number of rotatable bonds is 2. The third-order valence-corrected chi connectivity index (χ3v) is 1.71. The number of esters is 1. The molecule has 4 nitrogen and oxygen atoms in total. The van der Waals surface area contributed by atoms with Gasteiger partial charge in [-0.25, -0.2) is 9.18 Å². The molecule has 0 heterocycles. The molecule has 0 saturated heterocycles. The zero-order valence-electron chi connectivity index (χ0n) is 8.47. The molecule has 8 heteroatoms. The lowest BCUT2D eigenvalue weighted by atomic mass is 10.1. The zero-order chi connectivity index (χ0) is 13.2. The van der Waals surface area contributed by atoms with Crippen LogP contribution in [0.2, 0.25) is 0 Å². The first-order valence-electron chi connectivity index (χ1n) is 4.17. The highest BCUT2D eigenvalue weighted by molar-refractivity contribution is 5.98. The van der Waals surface area contributed by atoms with E-state index in [9.17, 15) is 22.4 Å². The summed E-state index contributed by atoms with van der Waals surface area (Å²) in [7, 11) is 0.947. The van der Waals surface area contributed by atoms with Crippen molar-refractivity contribution in [1.82, 2.24) is 0 Å². The van der Waals surface area contributed by atoms with Crippen LogP contribution in [-0.4, -0.2) is 19.4 Å². The standard InChI is InChI=1S/C9H7F4NO3/c1-16-8(15)7-5(14)2-4(10)3-6(7)17-9(11,12)13/h2-3H,14H2,1H3. The average molecular weight is 253 g/mol. The maximum absolute atomic E-state index is 12.9. The summed E-state index contributed by atoms with van der Waals surface area (Å²) in [4.78, 5) is 11.2. The third kappa shape index (κ3) is 3.23. The highest BCUT2D eigenvalue weighted by Gasteiger charge is 2.34. The number of benzene rings is 1. The Labute approximate surface area is 92.9 Å². The van der Waals surface area contributed by atoms with Crippen molar-refractivity contribution in [2.75, 3.05) is 12.8 Å². The highest BCUT2D eigenvalue weighted by Crippen LogP contribution is 2.31. The molecule has 0 saturated carbocycles. The molecule has 0 spiro atoms. The van der Waals surface area contributed by atoms with Gasteiger partial charge in [0.1, 0.15) is 17.1 Å². The number of alkyl halides is 3. The SMILES string of the molecule is COC(=O)c1c(N)cc(F)cc1OC(F)(F)F. The maximum atomic E-state index is 12.9. The Morgan fingerprint density at radius 2 is 1.94 bits per heavy atom. The molecule has 1 aromatic carbocycles. The summed E-state index contributed by atoms with van der Waals surface area (Å²) in [6.07, 6.45) is -5.07. The molecule has 0 unspecified atom stereocenters. The van der Waals surface area contributed by atoms with Crippen LogP contribution < -0.4 is 10.5 Å². The Morgan fingerprint density at radius 3 is 2.41 bits per heavy atom. The molecule has 0 amide bonds. The Morgan fingerprint density at radius 1 is 1.35 bits per heavy atom. The van der Waals surface area contributed by atoms with Crippen LogP contribution >= 0.6 is 0 Å². The largest absolute Gasteiger partial charge is 0.573 e. The number of carbonyl (C=O) groups excluding carboxylic acids is 1. The van der Waals surface area contributed by atoms with Crippen molar-refractivity contribution in [1.29, 1.82) is 0 Å². The summed E-state index contributed by atoms with van der Waals surface area (Å²) in [6, 6.07) is 1.09. The number of carbonyl (C=O) groups is 1. The Kier molecular flexibility index (Phi) is 3.45. The molecule has 0 bridgehead atoms. The van der Waals surface area contributed by atoms with Crippen LogP contribution in [0.25, 0.3) is 0 Å². The molecule has 0 aliphatic rings. The van der Waals surface area contributed by atoms with Gasteiger partial charge in [0.25, 0.3) is 0 Å². The zero-order valence-corrected chi connectivity index (χ0v) is 8.47. The summed E-state index contributed by atoms with van der Waals surface area (Å²) in [5.74, 6) is -3.25. The number of methoxy groups -OCH3 is 1. The van der Waals surface area contributed by atoms with E-state index in [0.29, 0.717) is 12.1 Å². The number of nitrogen functional groups attached to an aromatic ring is 1. The lowest BCUT2D eigenvalue weighted by Crippen LogP contribution is -2.20. The number of anilines is 1.